The molecule has 0 aliphatic rings. The molecule has 3 N–H and O–H groups in total. The molecule has 0 aromatic heterocycles. The molecule has 36 heavy (non-hydrogen) atoms. The van der Waals surface area contributed by atoms with Crippen LogP contribution in [-0.2, 0) is 16.0 Å². The van der Waals surface area contributed by atoms with Crippen molar-refractivity contribution in [2.75, 3.05) is 14.2 Å². The maximum absolute atomic E-state index is 13.3. The van der Waals surface area contributed by atoms with Gasteiger partial charge in [0.2, 0.25) is 0 Å². The van der Waals surface area contributed by atoms with E-state index in [2.05, 4.69) is 26.6 Å². The number of carboxylic acids is 1. The van der Waals surface area contributed by atoms with Gasteiger partial charge in [0.25, 0.3) is 11.8 Å². The second kappa shape index (κ2) is 12.6. The van der Waals surface area contributed by atoms with Gasteiger partial charge in [-0.3, -0.25) is 9.59 Å². The highest BCUT2D eigenvalue weighted by atomic mass is 79.9. The summed E-state index contributed by atoms with van der Waals surface area (Å²) in [6, 6.07) is 19.4. The molecule has 0 bridgehead atoms. The molecular formula is C27H25BrN2O6. The summed E-state index contributed by atoms with van der Waals surface area (Å²) < 4.78 is 11.2. The lowest BCUT2D eigenvalue weighted by Crippen LogP contribution is -2.45. The Kier molecular flexibility index (Phi) is 9.24. The van der Waals surface area contributed by atoms with Crippen molar-refractivity contribution < 1.29 is 29.0 Å². The second-order valence-corrected chi connectivity index (χ2v) is 8.51. The lowest BCUT2D eigenvalue weighted by atomic mass is 10.1. The molecule has 0 heterocycles. The van der Waals surface area contributed by atoms with Gasteiger partial charge in [-0.05, 0) is 51.8 Å². The van der Waals surface area contributed by atoms with E-state index >= 15 is 0 Å². The van der Waals surface area contributed by atoms with Crippen molar-refractivity contribution in [3.63, 3.8) is 0 Å². The lowest BCUT2D eigenvalue weighted by Gasteiger charge is -2.17. The predicted octanol–water partition coefficient (Wildman–Crippen LogP) is 4.05. The van der Waals surface area contributed by atoms with E-state index in [-0.39, 0.29) is 12.1 Å². The summed E-state index contributed by atoms with van der Waals surface area (Å²) in [5.41, 5.74) is 1.37. The van der Waals surface area contributed by atoms with Gasteiger partial charge >= 0.3 is 5.97 Å². The number of carboxylic acid groups (broad SMARTS) is 1. The zero-order chi connectivity index (χ0) is 26.1. The largest absolute Gasteiger partial charge is 0.497 e. The van der Waals surface area contributed by atoms with Gasteiger partial charge in [-0.1, -0.05) is 42.5 Å². The van der Waals surface area contributed by atoms with E-state index in [9.17, 15) is 19.5 Å². The van der Waals surface area contributed by atoms with Gasteiger partial charge in [-0.25, -0.2) is 4.79 Å². The number of halogens is 1. The number of nitrogens with one attached hydrogen (secondary N) is 2. The van der Waals surface area contributed by atoms with Crippen LogP contribution < -0.4 is 20.1 Å². The van der Waals surface area contributed by atoms with Crippen molar-refractivity contribution in [1.29, 1.82) is 0 Å². The fourth-order valence-electron chi connectivity index (χ4n) is 3.37. The lowest BCUT2D eigenvalue weighted by molar-refractivity contribution is -0.141. The first kappa shape index (κ1) is 26.5. The normalized spacial score (nSPS) is 11.8. The van der Waals surface area contributed by atoms with Crippen molar-refractivity contribution in [3.05, 3.63) is 99.7 Å². The highest BCUT2D eigenvalue weighted by Gasteiger charge is 2.24. The summed E-state index contributed by atoms with van der Waals surface area (Å²) in [6.45, 7) is 0. The summed E-state index contributed by atoms with van der Waals surface area (Å²) >= 11 is 3.33. The number of methoxy groups -OCH3 is 2. The topological polar surface area (TPSA) is 114 Å². The zero-order valence-corrected chi connectivity index (χ0v) is 21.2. The fraction of sp³-hybridized carbons (Fsp3) is 0.148. The Morgan fingerprint density at radius 2 is 1.67 bits per heavy atom. The van der Waals surface area contributed by atoms with E-state index in [1.165, 1.54) is 20.3 Å². The Balaban J connectivity index is 1.96. The summed E-state index contributed by atoms with van der Waals surface area (Å²) in [5, 5.41) is 14.9. The summed E-state index contributed by atoms with van der Waals surface area (Å²) in [6.07, 6.45) is 1.49. The van der Waals surface area contributed by atoms with Crippen LogP contribution in [0.4, 0.5) is 0 Å². The molecule has 0 radical (unpaired) electrons. The van der Waals surface area contributed by atoms with E-state index < -0.39 is 23.8 Å². The summed E-state index contributed by atoms with van der Waals surface area (Å²) in [5.74, 6) is -1.58. The van der Waals surface area contributed by atoms with Crippen LogP contribution in [-0.4, -0.2) is 43.2 Å². The maximum Gasteiger partial charge on any atom is 0.326 e. The van der Waals surface area contributed by atoms with Crippen LogP contribution in [0.25, 0.3) is 6.08 Å². The molecule has 3 aromatic rings. The number of ether oxygens (including phenoxy) is 2. The SMILES string of the molecule is COc1ccc(/C=C(/NC(=O)c2ccccc2Br)C(=O)NC(Cc2ccccc2)C(=O)O)c(OC)c1. The van der Waals surface area contributed by atoms with Gasteiger partial charge < -0.3 is 25.2 Å². The molecule has 0 fully saturated rings. The molecule has 1 atom stereocenters. The Morgan fingerprint density at radius 1 is 0.972 bits per heavy atom. The van der Waals surface area contributed by atoms with E-state index in [4.69, 9.17) is 9.47 Å². The van der Waals surface area contributed by atoms with E-state index in [0.29, 0.717) is 27.1 Å². The molecule has 186 valence electrons. The number of amides is 2. The van der Waals surface area contributed by atoms with Crippen LogP contribution in [0.15, 0.2) is 83.0 Å². The number of carbonyl (C=O) groups excluding carboxylic acids is 2. The minimum absolute atomic E-state index is 0.0687. The fourth-order valence-corrected chi connectivity index (χ4v) is 3.84. The van der Waals surface area contributed by atoms with Crippen molar-refractivity contribution in [2.45, 2.75) is 12.5 Å². The monoisotopic (exact) mass is 552 g/mol. The predicted molar refractivity (Wildman–Crippen MR) is 139 cm³/mol. The maximum atomic E-state index is 13.3. The van der Waals surface area contributed by atoms with Gasteiger partial charge in [-0.2, -0.15) is 0 Å². The van der Waals surface area contributed by atoms with E-state index in [0.717, 1.165) is 5.56 Å². The van der Waals surface area contributed by atoms with E-state index in [1.807, 2.05) is 6.07 Å². The molecule has 2 amide bonds. The van der Waals surface area contributed by atoms with Crippen LogP contribution in [0, 0.1) is 0 Å². The Morgan fingerprint density at radius 3 is 2.31 bits per heavy atom. The number of carbonyl (C=O) groups is 3. The third kappa shape index (κ3) is 6.96. The molecule has 9 heteroatoms. The molecule has 0 saturated heterocycles. The molecule has 0 aliphatic carbocycles. The molecule has 8 nitrogen and oxygen atoms in total. The molecular weight excluding hydrogens is 528 g/mol. The van der Waals surface area contributed by atoms with Crippen LogP contribution in [0.2, 0.25) is 0 Å². The van der Waals surface area contributed by atoms with E-state index in [1.54, 1.807) is 66.7 Å². The number of rotatable bonds is 10. The van der Waals surface area contributed by atoms with Crippen molar-refractivity contribution in [3.8, 4) is 11.5 Å². The first-order chi connectivity index (χ1) is 17.3. The number of hydrogen-bond donors (Lipinski definition) is 3. The molecule has 1 unspecified atom stereocenters. The van der Waals surface area contributed by atoms with Crippen LogP contribution in [0.1, 0.15) is 21.5 Å². The van der Waals surface area contributed by atoms with Crippen molar-refractivity contribution in [1.82, 2.24) is 10.6 Å². The average molecular weight is 553 g/mol. The van der Waals surface area contributed by atoms with Crippen molar-refractivity contribution >= 4 is 39.8 Å². The van der Waals surface area contributed by atoms with Crippen LogP contribution in [0.5, 0.6) is 11.5 Å². The first-order valence-corrected chi connectivity index (χ1v) is 11.7. The Labute approximate surface area is 217 Å². The molecule has 0 spiro atoms. The minimum Gasteiger partial charge on any atom is -0.497 e. The molecule has 3 rings (SSSR count). The van der Waals surface area contributed by atoms with Crippen LogP contribution in [0.3, 0.4) is 0 Å². The number of benzene rings is 3. The third-order valence-electron chi connectivity index (χ3n) is 5.24. The Hall–Kier alpha value is -4.11. The van der Waals surface area contributed by atoms with Gasteiger partial charge in [0, 0.05) is 22.5 Å². The number of aliphatic carboxylic acids is 1. The van der Waals surface area contributed by atoms with Gasteiger partial charge in [0.15, 0.2) is 0 Å². The summed E-state index contributed by atoms with van der Waals surface area (Å²) in [4.78, 5) is 38.2. The quantitative estimate of drug-likeness (QED) is 0.327. The summed E-state index contributed by atoms with van der Waals surface area (Å²) in [7, 11) is 2.98. The highest BCUT2D eigenvalue weighted by molar-refractivity contribution is 9.10. The average Bonchev–Trinajstić information content (AvgIpc) is 2.88. The van der Waals surface area contributed by atoms with Crippen molar-refractivity contribution in [2.24, 2.45) is 0 Å². The zero-order valence-electron chi connectivity index (χ0n) is 19.7. The number of hydrogen-bond acceptors (Lipinski definition) is 5. The van der Waals surface area contributed by atoms with Gasteiger partial charge in [0.1, 0.15) is 23.2 Å². The molecule has 3 aromatic carbocycles. The standard InChI is InChI=1S/C27H25BrN2O6/c1-35-19-13-12-18(24(16-19)36-2)15-22(29-25(31)20-10-6-7-11-21(20)28)26(32)30-23(27(33)34)14-17-8-4-3-5-9-17/h3-13,15-16,23H,14H2,1-2H3,(H,29,31)(H,30,32)(H,33,34)/b22-15+. The van der Waals surface area contributed by atoms with Gasteiger partial charge in [0.05, 0.1) is 19.8 Å². The Bertz CT molecular complexity index is 1280. The highest BCUT2D eigenvalue weighted by Crippen LogP contribution is 2.26. The third-order valence-corrected chi connectivity index (χ3v) is 5.93. The van der Waals surface area contributed by atoms with Gasteiger partial charge in [-0.15, -0.1) is 0 Å². The first-order valence-electron chi connectivity index (χ1n) is 10.9. The smallest absolute Gasteiger partial charge is 0.326 e. The second-order valence-electron chi connectivity index (χ2n) is 7.65. The molecule has 0 saturated carbocycles. The minimum atomic E-state index is -1.22. The molecule has 0 aliphatic heterocycles. The van der Waals surface area contributed by atoms with Crippen LogP contribution >= 0.6 is 15.9 Å².